The van der Waals surface area contributed by atoms with Gasteiger partial charge in [0.05, 0.1) is 32.0 Å². The molecule has 7 unspecified atom stereocenters. The summed E-state index contributed by atoms with van der Waals surface area (Å²) in [5.41, 5.74) is 0. The number of ether oxygens (including phenoxy) is 3. The number of aliphatic hydroxyl groups is 5. The number of carbonyl (C=O) groups is 2. The maximum absolute atomic E-state index is 13.0. The Kier molecular flexibility index (Phi) is 43.4. The topological polar surface area (TPSA) is 175 Å². The molecule has 1 heterocycles. The van der Waals surface area contributed by atoms with Gasteiger partial charge in [0.1, 0.15) is 24.4 Å². The number of hydrogen-bond acceptors (Lipinski definition) is 10. The molecule has 11 heteroatoms. The summed E-state index contributed by atoms with van der Waals surface area (Å²) in [4.78, 5) is 25.1. The molecule has 0 bridgehead atoms. The first-order valence-electron chi connectivity index (χ1n) is 27.7. The number of allylic oxidation sites excluding steroid dienone is 5. The Balaban J connectivity index is 2.06. The molecule has 6 N–H and O–H groups in total. The molecule has 0 saturated carbocycles. The summed E-state index contributed by atoms with van der Waals surface area (Å²) in [6, 6.07) is -0.841. The van der Waals surface area contributed by atoms with Gasteiger partial charge < -0.3 is 45.1 Å². The summed E-state index contributed by atoms with van der Waals surface area (Å²) in [7, 11) is 0. The Bertz CT molecular complexity index is 1210. The van der Waals surface area contributed by atoms with E-state index in [1.54, 1.807) is 6.08 Å². The average molecular weight is 950 g/mol. The Labute approximate surface area is 409 Å². The number of rotatable bonds is 47. The van der Waals surface area contributed by atoms with Crippen molar-refractivity contribution in [3.63, 3.8) is 0 Å². The van der Waals surface area contributed by atoms with E-state index in [2.05, 4.69) is 30.5 Å². The van der Waals surface area contributed by atoms with E-state index >= 15 is 0 Å². The Morgan fingerprint density at radius 2 is 1.00 bits per heavy atom. The Morgan fingerprint density at radius 1 is 0.567 bits per heavy atom. The fraction of sp³-hybridized carbons (Fsp3) is 0.857. The highest BCUT2D eigenvalue weighted by Crippen LogP contribution is 2.23. The lowest BCUT2D eigenvalue weighted by atomic mass is 9.99. The van der Waals surface area contributed by atoms with Crippen LogP contribution in [0, 0.1) is 0 Å². The minimum absolute atomic E-state index is 0.0216. The number of nitrogens with one attached hydrogen (secondary N) is 1. The van der Waals surface area contributed by atoms with Gasteiger partial charge in [-0.1, -0.05) is 217 Å². The molecule has 7 atom stereocenters. The summed E-state index contributed by atoms with van der Waals surface area (Å²) in [5, 5.41) is 54.1. The summed E-state index contributed by atoms with van der Waals surface area (Å²) in [5.74, 6) is -0.232. The van der Waals surface area contributed by atoms with Crippen LogP contribution in [-0.4, -0.2) is 100 Å². The molecule has 0 aromatic rings. The van der Waals surface area contributed by atoms with Crippen LogP contribution in [0.1, 0.15) is 245 Å². The van der Waals surface area contributed by atoms with Crippen LogP contribution in [0.15, 0.2) is 36.5 Å². The molecule has 67 heavy (non-hydrogen) atoms. The van der Waals surface area contributed by atoms with Gasteiger partial charge in [0.15, 0.2) is 6.29 Å². The van der Waals surface area contributed by atoms with E-state index in [0.717, 1.165) is 70.6 Å². The van der Waals surface area contributed by atoms with Crippen molar-refractivity contribution in [3.8, 4) is 0 Å². The lowest BCUT2D eigenvalue weighted by Gasteiger charge is -2.40. The van der Waals surface area contributed by atoms with Gasteiger partial charge in [-0.3, -0.25) is 9.59 Å². The van der Waals surface area contributed by atoms with Crippen molar-refractivity contribution in [2.24, 2.45) is 0 Å². The van der Waals surface area contributed by atoms with Crippen LogP contribution in [0.2, 0.25) is 0 Å². The van der Waals surface area contributed by atoms with Gasteiger partial charge in [0.25, 0.3) is 0 Å². The zero-order chi connectivity index (χ0) is 48.8. The SMILES string of the molecule is C/C=C/CC/C=C/CC/C=C/C(O)C(COC1OC(CO)C(O)C(O)C1O)NC(=O)CCCCCCCCCCCCCCCCOC(=O)CCCCCCCCCCCCCCCCCC. The van der Waals surface area contributed by atoms with Gasteiger partial charge in [-0.05, 0) is 51.9 Å². The van der Waals surface area contributed by atoms with Gasteiger partial charge in [-0.25, -0.2) is 0 Å². The third-order valence-electron chi connectivity index (χ3n) is 13.1. The van der Waals surface area contributed by atoms with Crippen LogP contribution in [0.5, 0.6) is 0 Å². The highest BCUT2D eigenvalue weighted by Gasteiger charge is 2.44. The van der Waals surface area contributed by atoms with Gasteiger partial charge in [0, 0.05) is 12.8 Å². The van der Waals surface area contributed by atoms with Gasteiger partial charge in [0.2, 0.25) is 5.91 Å². The summed E-state index contributed by atoms with van der Waals surface area (Å²) < 4.78 is 16.6. The van der Waals surface area contributed by atoms with Crippen molar-refractivity contribution < 1.29 is 49.3 Å². The van der Waals surface area contributed by atoms with Crippen molar-refractivity contribution in [2.45, 2.75) is 288 Å². The molecule has 0 radical (unpaired) electrons. The molecule has 0 spiro atoms. The smallest absolute Gasteiger partial charge is 0.305 e. The largest absolute Gasteiger partial charge is 0.466 e. The Hall–Kier alpha value is -2.12. The minimum atomic E-state index is -1.58. The summed E-state index contributed by atoms with van der Waals surface area (Å²) in [6.07, 6.45) is 45.4. The normalized spacial score (nSPS) is 19.8. The van der Waals surface area contributed by atoms with Gasteiger partial charge in [-0.15, -0.1) is 0 Å². The van der Waals surface area contributed by atoms with Crippen LogP contribution in [0.4, 0.5) is 0 Å². The number of hydrogen-bond donors (Lipinski definition) is 6. The molecule has 1 amide bonds. The molecule has 0 aromatic heterocycles. The van der Waals surface area contributed by atoms with Crippen LogP contribution in [0.3, 0.4) is 0 Å². The van der Waals surface area contributed by atoms with Crippen molar-refractivity contribution in [3.05, 3.63) is 36.5 Å². The van der Waals surface area contributed by atoms with E-state index in [0.29, 0.717) is 25.9 Å². The molecule has 0 aromatic carbocycles. The van der Waals surface area contributed by atoms with E-state index in [-0.39, 0.29) is 18.5 Å². The summed E-state index contributed by atoms with van der Waals surface area (Å²) >= 11 is 0. The number of carbonyl (C=O) groups excluding carboxylic acids is 2. The zero-order valence-corrected chi connectivity index (χ0v) is 42.9. The van der Waals surface area contributed by atoms with Crippen LogP contribution >= 0.6 is 0 Å². The monoisotopic (exact) mass is 950 g/mol. The highest BCUT2D eigenvalue weighted by molar-refractivity contribution is 5.76. The van der Waals surface area contributed by atoms with E-state index < -0.39 is 49.5 Å². The zero-order valence-electron chi connectivity index (χ0n) is 42.9. The Morgan fingerprint density at radius 3 is 1.48 bits per heavy atom. The van der Waals surface area contributed by atoms with Crippen molar-refractivity contribution in [2.75, 3.05) is 19.8 Å². The van der Waals surface area contributed by atoms with E-state index in [1.807, 2.05) is 19.1 Å². The minimum Gasteiger partial charge on any atom is -0.466 e. The van der Waals surface area contributed by atoms with Crippen LogP contribution < -0.4 is 5.32 Å². The maximum Gasteiger partial charge on any atom is 0.305 e. The maximum atomic E-state index is 13.0. The first kappa shape index (κ1) is 62.9. The fourth-order valence-electron chi connectivity index (χ4n) is 8.65. The third kappa shape index (κ3) is 36.5. The lowest BCUT2D eigenvalue weighted by Crippen LogP contribution is -2.60. The number of amides is 1. The second-order valence-corrected chi connectivity index (χ2v) is 19.3. The number of aliphatic hydroxyl groups excluding tert-OH is 5. The van der Waals surface area contributed by atoms with E-state index in [9.17, 15) is 35.1 Å². The second-order valence-electron chi connectivity index (χ2n) is 19.3. The first-order chi connectivity index (χ1) is 32.7. The summed E-state index contributed by atoms with van der Waals surface area (Å²) in [6.45, 7) is 4.05. The van der Waals surface area contributed by atoms with Crippen molar-refractivity contribution >= 4 is 11.9 Å². The molecular formula is C56H103NO10. The predicted octanol–water partition coefficient (Wildman–Crippen LogP) is 11.9. The third-order valence-corrected chi connectivity index (χ3v) is 13.1. The molecule has 0 aliphatic carbocycles. The molecule has 1 aliphatic heterocycles. The van der Waals surface area contributed by atoms with E-state index in [1.165, 1.54) is 141 Å². The highest BCUT2D eigenvalue weighted by atomic mass is 16.7. The molecule has 392 valence electrons. The standard InChI is InChI=1S/C56H103NO10/c1-3-5-7-9-11-13-14-15-16-17-21-24-28-32-36-40-44-52(61)65-45-41-37-33-29-25-22-19-18-20-23-27-31-35-39-43-51(60)57-48(49(59)42-38-34-30-26-12-10-8-6-4-2)47-66-56-55(64)54(63)53(62)50(46-58)67-56/h4,6,12,26,38,42,48-50,53-56,58-59,62-64H,3,5,7-11,13-25,27-37,39-41,43-47H2,1-2H3,(H,57,60)/b6-4+,26-12+,42-38+. The fourth-order valence-corrected chi connectivity index (χ4v) is 8.65. The van der Waals surface area contributed by atoms with Gasteiger partial charge >= 0.3 is 5.97 Å². The van der Waals surface area contributed by atoms with Crippen LogP contribution in [-0.2, 0) is 23.8 Å². The second kappa shape index (κ2) is 46.3. The molecule has 1 rings (SSSR count). The number of esters is 1. The predicted molar refractivity (Wildman–Crippen MR) is 274 cm³/mol. The molecule has 1 fully saturated rings. The van der Waals surface area contributed by atoms with Gasteiger partial charge in [-0.2, -0.15) is 0 Å². The molecule has 1 saturated heterocycles. The molecular weight excluding hydrogens is 847 g/mol. The number of unbranched alkanes of at least 4 members (excludes halogenated alkanes) is 30. The molecule has 11 nitrogen and oxygen atoms in total. The van der Waals surface area contributed by atoms with E-state index in [4.69, 9.17) is 14.2 Å². The van der Waals surface area contributed by atoms with Crippen molar-refractivity contribution in [1.29, 1.82) is 0 Å². The first-order valence-corrected chi connectivity index (χ1v) is 27.7. The lowest BCUT2D eigenvalue weighted by molar-refractivity contribution is -0.302. The molecule has 1 aliphatic rings. The average Bonchev–Trinajstić information content (AvgIpc) is 3.32. The van der Waals surface area contributed by atoms with Crippen LogP contribution in [0.25, 0.3) is 0 Å². The quantitative estimate of drug-likeness (QED) is 0.0196. The van der Waals surface area contributed by atoms with Crippen molar-refractivity contribution in [1.82, 2.24) is 5.32 Å².